The van der Waals surface area contributed by atoms with Gasteiger partial charge in [0, 0.05) is 16.3 Å². The Hall–Kier alpha value is -2.22. The van der Waals surface area contributed by atoms with Gasteiger partial charge in [-0.25, -0.2) is 17.5 Å². The second-order valence-electron chi connectivity index (χ2n) is 6.95. The lowest BCUT2D eigenvalue weighted by Crippen LogP contribution is -2.29. The molecule has 1 aliphatic carbocycles. The molecule has 1 aromatic heterocycles. The van der Waals surface area contributed by atoms with Gasteiger partial charge >= 0.3 is 0 Å². The Kier molecular flexibility index (Phi) is 4.33. The Labute approximate surface area is 161 Å². The molecule has 1 saturated carbocycles. The van der Waals surface area contributed by atoms with Gasteiger partial charge in [-0.05, 0) is 41.8 Å². The highest BCUT2D eigenvalue weighted by molar-refractivity contribution is 7.91. The highest BCUT2D eigenvalue weighted by Crippen LogP contribution is 2.48. The third kappa shape index (κ3) is 3.38. The van der Waals surface area contributed by atoms with E-state index in [2.05, 4.69) is 11.6 Å². The Bertz CT molecular complexity index is 1100. The molecule has 2 N–H and O–H groups in total. The summed E-state index contributed by atoms with van der Waals surface area (Å²) in [5.41, 5.74) is 1.49. The largest absolute Gasteiger partial charge is 0.505 e. The van der Waals surface area contributed by atoms with Gasteiger partial charge < -0.3 is 5.11 Å². The lowest BCUT2D eigenvalue weighted by Gasteiger charge is -2.12. The molecule has 0 aliphatic heterocycles. The quantitative estimate of drug-likeness (QED) is 0.669. The van der Waals surface area contributed by atoms with Crippen molar-refractivity contribution in [3.63, 3.8) is 0 Å². The summed E-state index contributed by atoms with van der Waals surface area (Å²) in [5.74, 6) is -1.17. The van der Waals surface area contributed by atoms with Gasteiger partial charge in [0.2, 0.25) is 10.0 Å². The summed E-state index contributed by atoms with van der Waals surface area (Å²) in [4.78, 5) is 0.646. The van der Waals surface area contributed by atoms with Crippen LogP contribution in [0, 0.1) is 5.82 Å². The molecule has 0 spiro atoms. The van der Waals surface area contributed by atoms with Crippen molar-refractivity contribution in [1.29, 1.82) is 0 Å². The van der Waals surface area contributed by atoms with E-state index in [-0.39, 0.29) is 15.7 Å². The summed E-state index contributed by atoms with van der Waals surface area (Å²) in [6.07, 6.45) is 0.750. The first-order valence-corrected chi connectivity index (χ1v) is 10.8. The van der Waals surface area contributed by atoms with E-state index in [0.29, 0.717) is 10.4 Å². The van der Waals surface area contributed by atoms with Crippen LogP contribution in [0.5, 0.6) is 5.75 Å². The highest BCUT2D eigenvalue weighted by Gasteiger charge is 2.53. The fourth-order valence-electron chi connectivity index (χ4n) is 3.21. The molecule has 1 aliphatic rings. The number of hydrogen-bond donors (Lipinski definition) is 2. The SMILES string of the molecule is C[C@]1(c2ccccc2)C[C@@H]1NS(=O)(=O)c1ccc(-c2ccc(F)c(O)c2)s1. The first-order valence-electron chi connectivity index (χ1n) is 8.46. The number of nitrogens with one attached hydrogen (secondary N) is 1. The molecule has 4 rings (SSSR count). The van der Waals surface area contributed by atoms with Crippen LogP contribution >= 0.6 is 11.3 Å². The van der Waals surface area contributed by atoms with E-state index in [9.17, 15) is 17.9 Å². The number of aromatic hydroxyl groups is 1. The number of phenols is 1. The van der Waals surface area contributed by atoms with Gasteiger partial charge in [0.15, 0.2) is 11.6 Å². The molecule has 0 amide bonds. The molecule has 27 heavy (non-hydrogen) atoms. The molecule has 2 aromatic carbocycles. The number of hydrogen-bond acceptors (Lipinski definition) is 4. The highest BCUT2D eigenvalue weighted by atomic mass is 32.2. The monoisotopic (exact) mass is 403 g/mol. The van der Waals surface area contributed by atoms with Crippen LogP contribution in [-0.2, 0) is 15.4 Å². The van der Waals surface area contributed by atoms with E-state index < -0.39 is 21.6 Å². The normalized spacial score (nSPS) is 21.9. The van der Waals surface area contributed by atoms with Crippen molar-refractivity contribution < 1.29 is 17.9 Å². The van der Waals surface area contributed by atoms with Crippen LogP contribution in [0.2, 0.25) is 0 Å². The van der Waals surface area contributed by atoms with Crippen LogP contribution in [0.25, 0.3) is 10.4 Å². The maximum atomic E-state index is 13.2. The van der Waals surface area contributed by atoms with Crippen molar-refractivity contribution in [3.8, 4) is 16.2 Å². The average Bonchev–Trinajstić information content (AvgIpc) is 3.08. The van der Waals surface area contributed by atoms with Gasteiger partial charge in [-0.1, -0.05) is 43.3 Å². The smallest absolute Gasteiger partial charge is 0.250 e. The Morgan fingerprint density at radius 2 is 1.89 bits per heavy atom. The van der Waals surface area contributed by atoms with E-state index >= 15 is 0 Å². The third-order valence-corrected chi connectivity index (χ3v) is 8.14. The van der Waals surface area contributed by atoms with Crippen LogP contribution in [0.15, 0.2) is 64.9 Å². The van der Waals surface area contributed by atoms with Gasteiger partial charge in [-0.3, -0.25) is 0 Å². The minimum atomic E-state index is -3.65. The molecular formula is C20H18FNO3S2. The summed E-state index contributed by atoms with van der Waals surface area (Å²) < 4.78 is 41.7. The van der Waals surface area contributed by atoms with Gasteiger partial charge in [-0.15, -0.1) is 11.3 Å². The molecule has 2 atom stereocenters. The molecule has 0 radical (unpaired) electrons. The molecule has 3 aromatic rings. The van der Waals surface area contributed by atoms with E-state index in [1.54, 1.807) is 6.07 Å². The lowest BCUT2D eigenvalue weighted by molar-refractivity contribution is 0.433. The summed E-state index contributed by atoms with van der Waals surface area (Å²) in [6, 6.07) is 16.9. The van der Waals surface area contributed by atoms with Crippen LogP contribution in [-0.4, -0.2) is 19.6 Å². The predicted octanol–water partition coefficient (Wildman–Crippen LogP) is 4.27. The first-order chi connectivity index (χ1) is 12.8. The Balaban J connectivity index is 1.54. The van der Waals surface area contributed by atoms with E-state index in [0.717, 1.165) is 29.4 Å². The van der Waals surface area contributed by atoms with Crippen molar-refractivity contribution in [3.05, 3.63) is 72.0 Å². The van der Waals surface area contributed by atoms with Crippen LogP contribution < -0.4 is 4.72 Å². The van der Waals surface area contributed by atoms with Gasteiger partial charge in [-0.2, -0.15) is 0 Å². The topological polar surface area (TPSA) is 66.4 Å². The number of halogens is 1. The van der Waals surface area contributed by atoms with Crippen molar-refractivity contribution >= 4 is 21.4 Å². The number of sulfonamides is 1. The minimum absolute atomic E-state index is 0.148. The number of thiophene rings is 1. The van der Waals surface area contributed by atoms with Crippen LogP contribution in [0.1, 0.15) is 18.9 Å². The molecule has 1 heterocycles. The molecule has 1 fully saturated rings. The van der Waals surface area contributed by atoms with E-state index in [1.807, 2.05) is 30.3 Å². The number of benzene rings is 2. The average molecular weight is 404 g/mol. The third-order valence-electron chi connectivity index (χ3n) is 5.04. The zero-order chi connectivity index (χ0) is 19.2. The van der Waals surface area contributed by atoms with Crippen molar-refractivity contribution in [2.75, 3.05) is 0 Å². The fraction of sp³-hybridized carbons (Fsp3) is 0.200. The number of rotatable bonds is 5. The second-order valence-corrected chi connectivity index (χ2v) is 9.97. The molecular weight excluding hydrogens is 385 g/mol. The molecule has 4 nitrogen and oxygen atoms in total. The van der Waals surface area contributed by atoms with E-state index in [1.165, 1.54) is 18.2 Å². The molecule has 7 heteroatoms. The Morgan fingerprint density at radius 3 is 2.59 bits per heavy atom. The van der Waals surface area contributed by atoms with Crippen molar-refractivity contribution in [1.82, 2.24) is 4.72 Å². The maximum Gasteiger partial charge on any atom is 0.250 e. The molecule has 0 saturated heterocycles. The van der Waals surface area contributed by atoms with Crippen molar-refractivity contribution in [2.24, 2.45) is 0 Å². The maximum absolute atomic E-state index is 13.2. The molecule has 0 bridgehead atoms. The Morgan fingerprint density at radius 1 is 1.15 bits per heavy atom. The van der Waals surface area contributed by atoms with Gasteiger partial charge in [0.1, 0.15) is 4.21 Å². The lowest BCUT2D eigenvalue weighted by atomic mass is 9.98. The zero-order valence-corrected chi connectivity index (χ0v) is 16.1. The zero-order valence-electron chi connectivity index (χ0n) is 14.5. The fourth-order valence-corrected chi connectivity index (χ4v) is 5.87. The summed E-state index contributed by atoms with van der Waals surface area (Å²) in [7, 11) is -3.65. The summed E-state index contributed by atoms with van der Waals surface area (Å²) >= 11 is 1.09. The second kappa shape index (κ2) is 6.44. The van der Waals surface area contributed by atoms with Crippen molar-refractivity contribution in [2.45, 2.75) is 29.0 Å². The summed E-state index contributed by atoms with van der Waals surface area (Å²) in [6.45, 7) is 2.05. The molecule has 0 unspecified atom stereocenters. The minimum Gasteiger partial charge on any atom is -0.505 e. The van der Waals surface area contributed by atoms with Crippen LogP contribution in [0.3, 0.4) is 0 Å². The predicted molar refractivity (Wildman–Crippen MR) is 104 cm³/mol. The first kappa shape index (κ1) is 18.2. The molecule has 140 valence electrons. The number of phenolic OH excluding ortho intramolecular Hbond substituents is 1. The van der Waals surface area contributed by atoms with Gasteiger partial charge in [0.05, 0.1) is 0 Å². The van der Waals surface area contributed by atoms with Gasteiger partial charge in [0.25, 0.3) is 0 Å². The van der Waals surface area contributed by atoms with Crippen LogP contribution in [0.4, 0.5) is 4.39 Å². The summed E-state index contributed by atoms with van der Waals surface area (Å²) in [5, 5.41) is 9.52. The standard InChI is InChI=1S/C20H18FNO3S2/c1-20(14-5-3-2-4-6-14)12-18(20)22-27(24,25)19-10-9-17(26-19)13-7-8-15(21)16(23)11-13/h2-11,18,22-23H,12H2,1H3/t18-,20+/m0/s1. The van der Waals surface area contributed by atoms with E-state index in [4.69, 9.17) is 0 Å².